The highest BCUT2D eigenvalue weighted by molar-refractivity contribution is 6.33. The quantitative estimate of drug-likeness (QED) is 0.267. The highest BCUT2D eigenvalue weighted by atomic mass is 35.5. The molecule has 0 unspecified atom stereocenters. The van der Waals surface area contributed by atoms with Crippen molar-refractivity contribution >= 4 is 35.1 Å². The number of benzene rings is 1. The van der Waals surface area contributed by atoms with Crippen molar-refractivity contribution in [2.45, 2.75) is 64.3 Å². The van der Waals surface area contributed by atoms with Crippen LogP contribution in [0.4, 0.5) is 11.6 Å². The number of carbonyl (C=O) groups is 2. The second-order valence-corrected chi connectivity index (χ2v) is 12.6. The van der Waals surface area contributed by atoms with Gasteiger partial charge in [0.25, 0.3) is 5.91 Å². The van der Waals surface area contributed by atoms with Gasteiger partial charge in [-0.3, -0.25) is 14.5 Å². The molecule has 1 saturated heterocycles. The number of halogens is 1. The third kappa shape index (κ3) is 7.73. The zero-order chi connectivity index (χ0) is 32.0. The first-order valence-electron chi connectivity index (χ1n) is 16.2. The van der Waals surface area contributed by atoms with Gasteiger partial charge in [0.15, 0.2) is 12.2 Å². The number of hydrogen-bond acceptors (Lipinski definition) is 10. The van der Waals surface area contributed by atoms with E-state index in [-0.39, 0.29) is 25.0 Å². The number of nitrogens with one attached hydrogen (secondary N) is 2. The van der Waals surface area contributed by atoms with E-state index in [1.807, 2.05) is 24.0 Å². The van der Waals surface area contributed by atoms with Gasteiger partial charge in [-0.2, -0.15) is 0 Å². The smallest absolute Gasteiger partial charge is 0.251 e. The Kier molecular flexibility index (Phi) is 10.3. The lowest BCUT2D eigenvalue weighted by Gasteiger charge is -2.36. The van der Waals surface area contributed by atoms with E-state index in [2.05, 4.69) is 25.4 Å². The lowest BCUT2D eigenvalue weighted by atomic mass is 9.93. The molecule has 12 nitrogen and oxygen atoms in total. The Balaban J connectivity index is 1.03. The number of aromatic nitrogens is 2. The maximum atomic E-state index is 13.3. The number of ether oxygens (including phenoxy) is 1. The molecular weight excluding hydrogens is 610 g/mol. The summed E-state index contributed by atoms with van der Waals surface area (Å²) < 4.78 is 11.1. The number of rotatable bonds is 12. The number of fused-ring (bicyclic) bond motifs is 1. The maximum absolute atomic E-state index is 13.3. The van der Waals surface area contributed by atoms with Gasteiger partial charge in [-0.25, -0.2) is 9.97 Å². The molecular formula is C33H42ClN7O5. The third-order valence-corrected chi connectivity index (χ3v) is 9.40. The predicted octanol–water partition coefficient (Wildman–Crippen LogP) is 3.47. The van der Waals surface area contributed by atoms with Crippen molar-refractivity contribution in [3.63, 3.8) is 0 Å². The van der Waals surface area contributed by atoms with E-state index in [0.29, 0.717) is 79.6 Å². The normalized spacial score (nSPS) is 17.6. The summed E-state index contributed by atoms with van der Waals surface area (Å²) in [5.74, 6) is 2.52. The van der Waals surface area contributed by atoms with Gasteiger partial charge in [-0.1, -0.05) is 24.6 Å². The van der Waals surface area contributed by atoms with E-state index in [0.717, 1.165) is 42.8 Å². The molecule has 6 rings (SSSR count). The van der Waals surface area contributed by atoms with Crippen LogP contribution < -0.4 is 20.3 Å². The van der Waals surface area contributed by atoms with Gasteiger partial charge in [0.2, 0.25) is 5.91 Å². The first-order chi connectivity index (χ1) is 22.4. The van der Waals surface area contributed by atoms with Crippen molar-refractivity contribution in [3.8, 4) is 5.75 Å². The molecule has 1 saturated carbocycles. The molecule has 13 heteroatoms. The maximum Gasteiger partial charge on any atom is 0.251 e. The van der Waals surface area contributed by atoms with E-state index in [9.17, 15) is 14.7 Å². The highest BCUT2D eigenvalue weighted by Crippen LogP contribution is 2.34. The van der Waals surface area contributed by atoms with E-state index in [1.165, 1.54) is 12.8 Å². The number of aliphatic hydroxyl groups excluding tert-OH is 1. The van der Waals surface area contributed by atoms with Crippen LogP contribution in [0.3, 0.4) is 0 Å². The molecule has 3 aliphatic rings. The molecule has 1 atom stereocenters. The summed E-state index contributed by atoms with van der Waals surface area (Å²) in [6, 6.07) is 7.83. The standard InChI is InChI=1S/C33H42ClN7O5/c1-2-31(43)41-12-10-40(11-13-41)30-15-23(14-29(38-30)37-24-4-3-5-24)33(44)36-16-25(42)19-39-9-8-27-22(18-39)6-7-28(32(27)34)45-20-26-17-35-21-46-26/h6-7,14-15,17,21,24-25,42H,2-5,8-13,16,18-20H2,1H3,(H,36,44)(H,37,38)/t25-/m0/s1. The Hall–Kier alpha value is -3.87. The van der Waals surface area contributed by atoms with Crippen molar-refractivity contribution in [3.05, 3.63) is 64.3 Å². The number of carbonyl (C=O) groups excluding carboxylic acids is 2. The number of oxazole rings is 1. The molecule has 0 spiro atoms. The molecule has 2 aliphatic heterocycles. The monoisotopic (exact) mass is 651 g/mol. The van der Waals surface area contributed by atoms with Gasteiger partial charge in [0.05, 0.1) is 17.3 Å². The van der Waals surface area contributed by atoms with Gasteiger partial charge in [-0.05, 0) is 55.0 Å². The van der Waals surface area contributed by atoms with Crippen LogP contribution in [0.5, 0.6) is 5.75 Å². The highest BCUT2D eigenvalue weighted by Gasteiger charge is 2.25. The van der Waals surface area contributed by atoms with Gasteiger partial charge < -0.3 is 34.7 Å². The predicted molar refractivity (Wildman–Crippen MR) is 174 cm³/mol. The number of β-amino-alcohol motifs (C(OH)–C–C–N with tert-alkyl or cyclic N) is 1. The molecule has 1 aromatic carbocycles. The zero-order valence-electron chi connectivity index (χ0n) is 26.2. The fourth-order valence-corrected chi connectivity index (χ4v) is 6.44. The summed E-state index contributed by atoms with van der Waals surface area (Å²) >= 11 is 6.68. The molecule has 3 N–H and O–H groups in total. The Morgan fingerprint density at radius 2 is 2.00 bits per heavy atom. The summed E-state index contributed by atoms with van der Waals surface area (Å²) in [7, 11) is 0. The molecule has 1 aliphatic carbocycles. The van der Waals surface area contributed by atoms with Crippen LogP contribution in [0.25, 0.3) is 0 Å². The number of anilines is 2. The molecule has 2 fully saturated rings. The van der Waals surface area contributed by atoms with Crippen molar-refractivity contribution in [1.82, 2.24) is 25.1 Å². The molecule has 4 heterocycles. The first kappa shape index (κ1) is 32.1. The van der Waals surface area contributed by atoms with Crippen molar-refractivity contribution in [1.29, 1.82) is 0 Å². The number of hydrogen-bond donors (Lipinski definition) is 3. The van der Waals surface area contributed by atoms with E-state index >= 15 is 0 Å². The molecule has 3 aromatic rings. The van der Waals surface area contributed by atoms with Crippen LogP contribution in [0.1, 0.15) is 59.9 Å². The lowest BCUT2D eigenvalue weighted by Crippen LogP contribution is -2.49. The topological polar surface area (TPSA) is 136 Å². The minimum atomic E-state index is -0.747. The van der Waals surface area contributed by atoms with Crippen LogP contribution in [0.15, 0.2) is 41.3 Å². The molecule has 0 radical (unpaired) electrons. The number of pyridine rings is 1. The fraction of sp³-hybridized carbons (Fsp3) is 0.515. The molecule has 246 valence electrons. The second-order valence-electron chi connectivity index (χ2n) is 12.2. The van der Waals surface area contributed by atoms with Crippen LogP contribution >= 0.6 is 11.6 Å². The minimum Gasteiger partial charge on any atom is -0.484 e. The Bertz CT molecular complexity index is 1510. The van der Waals surface area contributed by atoms with Crippen molar-refractivity contribution < 1.29 is 23.8 Å². The van der Waals surface area contributed by atoms with E-state index in [1.54, 1.807) is 18.3 Å². The van der Waals surface area contributed by atoms with Crippen molar-refractivity contribution in [2.24, 2.45) is 0 Å². The SMILES string of the molecule is CCC(=O)N1CCN(c2cc(C(=O)NC[C@H](O)CN3CCc4c(ccc(OCc5cnco5)c4Cl)C3)cc(NC3CCC3)n2)CC1. The van der Waals surface area contributed by atoms with E-state index in [4.69, 9.17) is 25.7 Å². The molecule has 46 heavy (non-hydrogen) atoms. The average Bonchev–Trinajstić information content (AvgIpc) is 3.58. The Labute approximate surface area is 274 Å². The van der Waals surface area contributed by atoms with Gasteiger partial charge in [0.1, 0.15) is 24.0 Å². The van der Waals surface area contributed by atoms with Crippen LogP contribution in [0.2, 0.25) is 5.02 Å². The van der Waals surface area contributed by atoms with Crippen molar-refractivity contribution in [2.75, 3.05) is 56.0 Å². The van der Waals surface area contributed by atoms with Crippen LogP contribution in [-0.2, 0) is 24.4 Å². The second kappa shape index (κ2) is 14.7. The lowest BCUT2D eigenvalue weighted by molar-refractivity contribution is -0.131. The van der Waals surface area contributed by atoms with Gasteiger partial charge >= 0.3 is 0 Å². The summed E-state index contributed by atoms with van der Waals surface area (Å²) in [4.78, 5) is 40.4. The van der Waals surface area contributed by atoms with Crippen LogP contribution in [0, 0.1) is 0 Å². The van der Waals surface area contributed by atoms with Gasteiger partial charge in [0, 0.05) is 70.4 Å². The molecule has 2 aromatic heterocycles. The first-order valence-corrected chi connectivity index (χ1v) is 16.5. The number of aliphatic hydroxyl groups is 1. The summed E-state index contributed by atoms with van der Waals surface area (Å²) in [6.07, 6.45) is 6.81. The zero-order valence-corrected chi connectivity index (χ0v) is 27.0. The van der Waals surface area contributed by atoms with E-state index < -0.39 is 6.10 Å². The largest absolute Gasteiger partial charge is 0.484 e. The third-order valence-electron chi connectivity index (χ3n) is 8.99. The summed E-state index contributed by atoms with van der Waals surface area (Å²) in [6.45, 7) is 6.62. The molecule has 0 bridgehead atoms. The minimum absolute atomic E-state index is 0.123. The average molecular weight is 652 g/mol. The number of piperazine rings is 1. The summed E-state index contributed by atoms with van der Waals surface area (Å²) in [5.41, 5.74) is 2.64. The number of nitrogens with zero attached hydrogens (tertiary/aromatic N) is 5. The fourth-order valence-electron chi connectivity index (χ4n) is 6.11. The molecule has 2 amide bonds. The van der Waals surface area contributed by atoms with Gasteiger partial charge in [-0.15, -0.1) is 0 Å². The Morgan fingerprint density at radius 3 is 2.72 bits per heavy atom. The number of amides is 2. The Morgan fingerprint density at radius 1 is 1.17 bits per heavy atom. The summed E-state index contributed by atoms with van der Waals surface area (Å²) in [5, 5.41) is 17.9. The van der Waals surface area contributed by atoms with Crippen LogP contribution in [-0.4, -0.2) is 94.6 Å².